The summed E-state index contributed by atoms with van der Waals surface area (Å²) in [6.07, 6.45) is 4.59. The van der Waals surface area contributed by atoms with Crippen molar-refractivity contribution >= 4 is 17.5 Å². The molecule has 2 aromatic carbocycles. The molecule has 0 bridgehead atoms. The molecule has 3 heterocycles. The van der Waals surface area contributed by atoms with E-state index >= 15 is 0 Å². The quantitative estimate of drug-likeness (QED) is 0.652. The van der Waals surface area contributed by atoms with Gasteiger partial charge in [-0.1, -0.05) is 24.3 Å². The number of hydrogen-bond acceptors (Lipinski definition) is 7. The lowest BCUT2D eigenvalue weighted by molar-refractivity contribution is -0.125. The lowest BCUT2D eigenvalue weighted by atomic mass is 9.73. The molecule has 0 unspecified atom stereocenters. The van der Waals surface area contributed by atoms with Crippen molar-refractivity contribution in [3.8, 4) is 22.6 Å². The Morgan fingerprint density at radius 2 is 1.56 bits per heavy atom. The topological polar surface area (TPSA) is 109 Å². The van der Waals surface area contributed by atoms with Crippen LogP contribution in [-0.2, 0) is 14.9 Å². The average Bonchev–Trinajstić information content (AvgIpc) is 2.85. The molecule has 32 heavy (non-hydrogen) atoms. The van der Waals surface area contributed by atoms with Crippen LogP contribution in [0.5, 0.6) is 11.5 Å². The SMILES string of the molecule is Nc1ncc(-c2ccc(C3(C(=O)Nc4ccc5c(c4)OCCO5)CCOCC3)cc2)cn1. The maximum Gasteiger partial charge on any atom is 0.235 e. The van der Waals surface area contributed by atoms with Crippen molar-refractivity contribution in [3.05, 3.63) is 60.4 Å². The molecule has 1 fully saturated rings. The molecule has 1 aromatic heterocycles. The van der Waals surface area contributed by atoms with Gasteiger partial charge in [0.2, 0.25) is 11.9 Å². The molecule has 0 saturated carbocycles. The summed E-state index contributed by atoms with van der Waals surface area (Å²) in [6, 6.07) is 13.4. The molecular formula is C24H24N4O4. The van der Waals surface area contributed by atoms with Gasteiger partial charge in [-0.2, -0.15) is 0 Å². The number of ether oxygens (including phenoxy) is 3. The van der Waals surface area contributed by atoms with E-state index in [4.69, 9.17) is 19.9 Å². The van der Waals surface area contributed by atoms with Crippen LogP contribution < -0.4 is 20.5 Å². The molecule has 1 saturated heterocycles. The molecule has 8 nitrogen and oxygen atoms in total. The van der Waals surface area contributed by atoms with Gasteiger partial charge in [-0.15, -0.1) is 0 Å². The first-order valence-corrected chi connectivity index (χ1v) is 10.6. The zero-order valence-electron chi connectivity index (χ0n) is 17.5. The second-order valence-corrected chi connectivity index (χ2v) is 7.91. The molecule has 8 heteroatoms. The van der Waals surface area contributed by atoms with E-state index in [9.17, 15) is 4.79 Å². The average molecular weight is 432 g/mol. The summed E-state index contributed by atoms with van der Waals surface area (Å²) in [5, 5.41) is 3.09. The predicted octanol–water partition coefficient (Wildman–Crippen LogP) is 3.18. The third-order valence-corrected chi connectivity index (χ3v) is 6.02. The van der Waals surface area contributed by atoms with E-state index in [1.165, 1.54) is 0 Å². The summed E-state index contributed by atoms with van der Waals surface area (Å²) < 4.78 is 16.8. The fraction of sp³-hybridized carbons (Fsp3) is 0.292. The van der Waals surface area contributed by atoms with Gasteiger partial charge in [0.15, 0.2) is 11.5 Å². The Balaban J connectivity index is 1.42. The number of fused-ring (bicyclic) bond motifs is 1. The van der Waals surface area contributed by atoms with Gasteiger partial charge in [0.25, 0.3) is 0 Å². The molecule has 2 aliphatic heterocycles. The number of nitrogens with one attached hydrogen (secondary N) is 1. The zero-order valence-corrected chi connectivity index (χ0v) is 17.5. The summed E-state index contributed by atoms with van der Waals surface area (Å²) in [4.78, 5) is 21.7. The van der Waals surface area contributed by atoms with Gasteiger partial charge in [-0.25, -0.2) is 9.97 Å². The maximum atomic E-state index is 13.6. The molecule has 0 spiro atoms. The first-order chi connectivity index (χ1) is 15.6. The molecule has 0 atom stereocenters. The molecule has 0 radical (unpaired) electrons. The number of aromatic nitrogens is 2. The highest BCUT2D eigenvalue weighted by Gasteiger charge is 2.41. The fourth-order valence-corrected chi connectivity index (χ4v) is 4.21. The van der Waals surface area contributed by atoms with Crippen LogP contribution in [0.2, 0.25) is 0 Å². The van der Waals surface area contributed by atoms with E-state index in [1.54, 1.807) is 12.4 Å². The summed E-state index contributed by atoms with van der Waals surface area (Å²) in [7, 11) is 0. The van der Waals surface area contributed by atoms with E-state index in [0.29, 0.717) is 56.5 Å². The Hall–Kier alpha value is -3.65. The molecule has 164 valence electrons. The van der Waals surface area contributed by atoms with Crippen LogP contribution in [0.15, 0.2) is 54.9 Å². The van der Waals surface area contributed by atoms with Crippen LogP contribution in [0.3, 0.4) is 0 Å². The smallest absolute Gasteiger partial charge is 0.235 e. The van der Waals surface area contributed by atoms with E-state index in [0.717, 1.165) is 16.7 Å². The van der Waals surface area contributed by atoms with Crippen LogP contribution in [0.4, 0.5) is 11.6 Å². The van der Waals surface area contributed by atoms with Crippen molar-refractivity contribution in [2.75, 3.05) is 37.5 Å². The van der Waals surface area contributed by atoms with Gasteiger partial charge in [0, 0.05) is 42.9 Å². The highest BCUT2D eigenvalue weighted by molar-refractivity contribution is 5.99. The minimum Gasteiger partial charge on any atom is -0.486 e. The summed E-state index contributed by atoms with van der Waals surface area (Å²) in [5.74, 6) is 1.52. The third kappa shape index (κ3) is 3.85. The van der Waals surface area contributed by atoms with Gasteiger partial charge < -0.3 is 25.3 Å². The zero-order chi connectivity index (χ0) is 22.0. The fourth-order valence-electron chi connectivity index (χ4n) is 4.21. The summed E-state index contributed by atoms with van der Waals surface area (Å²) >= 11 is 0. The van der Waals surface area contributed by atoms with Crippen molar-refractivity contribution < 1.29 is 19.0 Å². The van der Waals surface area contributed by atoms with Crippen molar-refractivity contribution in [2.45, 2.75) is 18.3 Å². The van der Waals surface area contributed by atoms with E-state index in [-0.39, 0.29) is 11.9 Å². The Bertz CT molecular complexity index is 1110. The molecule has 1 amide bonds. The van der Waals surface area contributed by atoms with Gasteiger partial charge in [-0.3, -0.25) is 4.79 Å². The molecule has 3 N–H and O–H groups in total. The normalized spacial score (nSPS) is 16.9. The largest absolute Gasteiger partial charge is 0.486 e. The predicted molar refractivity (Wildman–Crippen MR) is 120 cm³/mol. The first kappa shape index (κ1) is 20.3. The number of nitrogens with two attached hydrogens (primary N) is 1. The molecule has 0 aliphatic carbocycles. The minimum atomic E-state index is -0.679. The number of benzene rings is 2. The monoisotopic (exact) mass is 432 g/mol. The Morgan fingerprint density at radius 1 is 0.875 bits per heavy atom. The highest BCUT2D eigenvalue weighted by Crippen LogP contribution is 2.38. The highest BCUT2D eigenvalue weighted by atomic mass is 16.6. The second kappa shape index (κ2) is 8.47. The maximum absolute atomic E-state index is 13.6. The van der Waals surface area contributed by atoms with Crippen LogP contribution in [0.1, 0.15) is 18.4 Å². The Kier molecular flexibility index (Phi) is 5.36. The first-order valence-electron chi connectivity index (χ1n) is 10.6. The number of nitrogen functional groups attached to an aromatic ring is 1. The number of carbonyl (C=O) groups excluding carboxylic acids is 1. The lowest BCUT2D eigenvalue weighted by Crippen LogP contribution is -2.44. The number of carbonyl (C=O) groups is 1. The number of anilines is 2. The van der Waals surface area contributed by atoms with Crippen LogP contribution in [0.25, 0.3) is 11.1 Å². The summed E-state index contributed by atoms with van der Waals surface area (Å²) in [5.41, 5.74) is 8.37. The van der Waals surface area contributed by atoms with Crippen LogP contribution >= 0.6 is 0 Å². The molecule has 5 rings (SSSR count). The minimum absolute atomic E-state index is 0.0546. The van der Waals surface area contributed by atoms with Crippen molar-refractivity contribution in [2.24, 2.45) is 0 Å². The van der Waals surface area contributed by atoms with Crippen molar-refractivity contribution in [1.82, 2.24) is 9.97 Å². The van der Waals surface area contributed by atoms with Gasteiger partial charge >= 0.3 is 0 Å². The Labute approximate surface area is 185 Å². The number of hydrogen-bond donors (Lipinski definition) is 2. The molecule has 3 aromatic rings. The number of amides is 1. The number of nitrogens with zero attached hydrogens (tertiary/aromatic N) is 2. The van der Waals surface area contributed by atoms with E-state index in [1.807, 2.05) is 42.5 Å². The van der Waals surface area contributed by atoms with Crippen LogP contribution in [-0.4, -0.2) is 42.3 Å². The third-order valence-electron chi connectivity index (χ3n) is 6.02. The van der Waals surface area contributed by atoms with Crippen molar-refractivity contribution in [1.29, 1.82) is 0 Å². The molecule has 2 aliphatic rings. The molecular weight excluding hydrogens is 408 g/mol. The standard InChI is InChI=1S/C24H24N4O4/c25-23-26-14-17(15-27-23)16-1-3-18(4-2-16)24(7-9-30-10-8-24)22(29)28-19-5-6-20-21(13-19)32-12-11-31-20/h1-6,13-15H,7-12H2,(H,28,29)(H2,25,26,27). The second-order valence-electron chi connectivity index (χ2n) is 7.91. The van der Waals surface area contributed by atoms with Crippen molar-refractivity contribution in [3.63, 3.8) is 0 Å². The van der Waals surface area contributed by atoms with E-state index in [2.05, 4.69) is 15.3 Å². The Morgan fingerprint density at radius 3 is 2.28 bits per heavy atom. The lowest BCUT2D eigenvalue weighted by Gasteiger charge is -2.36. The van der Waals surface area contributed by atoms with Crippen LogP contribution in [0, 0.1) is 0 Å². The van der Waals surface area contributed by atoms with Gasteiger partial charge in [0.1, 0.15) is 13.2 Å². The summed E-state index contributed by atoms with van der Waals surface area (Å²) in [6.45, 7) is 2.08. The van der Waals surface area contributed by atoms with Gasteiger partial charge in [-0.05, 0) is 36.1 Å². The number of rotatable bonds is 4. The van der Waals surface area contributed by atoms with E-state index < -0.39 is 5.41 Å². The van der Waals surface area contributed by atoms with Gasteiger partial charge in [0.05, 0.1) is 5.41 Å².